The van der Waals surface area contributed by atoms with Gasteiger partial charge < -0.3 is 23.7 Å². The Bertz CT molecular complexity index is 521. The highest BCUT2D eigenvalue weighted by Crippen LogP contribution is 2.44. The molecule has 0 aromatic heterocycles. The SMILES string of the molecule is CC1(C)OCC([C@H]2O[C@@H](C3=CC=CC3)[C@H]3OC(C)(C)O[C@H]32)O1. The zero-order chi connectivity index (χ0) is 15.5. The summed E-state index contributed by atoms with van der Waals surface area (Å²) in [6.45, 7) is 8.29. The third-order valence-electron chi connectivity index (χ3n) is 4.65. The van der Waals surface area contributed by atoms with Crippen LogP contribution in [0.5, 0.6) is 0 Å². The number of hydrogen-bond acceptors (Lipinski definition) is 5. The number of allylic oxidation sites excluding steroid dienone is 3. The van der Waals surface area contributed by atoms with Crippen molar-refractivity contribution in [2.45, 2.75) is 76.2 Å². The summed E-state index contributed by atoms with van der Waals surface area (Å²) in [4.78, 5) is 0. The van der Waals surface area contributed by atoms with Gasteiger partial charge in [-0.05, 0) is 39.7 Å². The molecule has 0 N–H and O–H groups in total. The van der Waals surface area contributed by atoms with Crippen LogP contribution < -0.4 is 0 Å². The van der Waals surface area contributed by atoms with Gasteiger partial charge in [-0.1, -0.05) is 18.2 Å². The summed E-state index contributed by atoms with van der Waals surface area (Å²) in [6, 6.07) is 0. The molecule has 3 fully saturated rings. The highest BCUT2D eigenvalue weighted by atomic mass is 16.8. The monoisotopic (exact) mass is 308 g/mol. The molecule has 3 aliphatic heterocycles. The van der Waals surface area contributed by atoms with Gasteiger partial charge in [-0.3, -0.25) is 0 Å². The van der Waals surface area contributed by atoms with Crippen LogP contribution >= 0.6 is 0 Å². The van der Waals surface area contributed by atoms with E-state index in [1.54, 1.807) is 0 Å². The van der Waals surface area contributed by atoms with Gasteiger partial charge in [0, 0.05) is 0 Å². The van der Waals surface area contributed by atoms with E-state index < -0.39 is 11.6 Å². The Kier molecular flexibility index (Phi) is 3.30. The van der Waals surface area contributed by atoms with E-state index in [1.165, 1.54) is 5.57 Å². The van der Waals surface area contributed by atoms with E-state index in [0.717, 1.165) is 6.42 Å². The second-order valence-corrected chi connectivity index (χ2v) is 7.33. The van der Waals surface area contributed by atoms with Crippen molar-refractivity contribution in [2.75, 3.05) is 6.61 Å². The lowest BCUT2D eigenvalue weighted by Gasteiger charge is -2.27. The standard InChI is InChI=1S/C17H24O5/c1-16(2)18-9-11(20-16)13-15-14(21-17(3,4)22-15)12(19-13)10-7-5-6-8-10/h5-7,11-15H,8-9H2,1-4H3/t11?,12-,13+,14+,15-/m0/s1. The van der Waals surface area contributed by atoms with Crippen LogP contribution in [0.2, 0.25) is 0 Å². The van der Waals surface area contributed by atoms with Gasteiger partial charge in [0.15, 0.2) is 11.6 Å². The van der Waals surface area contributed by atoms with Crippen LogP contribution in [0.1, 0.15) is 34.1 Å². The highest BCUT2D eigenvalue weighted by molar-refractivity contribution is 5.29. The number of fused-ring (bicyclic) bond motifs is 1. The minimum absolute atomic E-state index is 0.0703. The Morgan fingerprint density at radius 1 is 0.955 bits per heavy atom. The Morgan fingerprint density at radius 3 is 2.36 bits per heavy atom. The molecule has 0 aromatic carbocycles. The fraction of sp³-hybridized carbons (Fsp3) is 0.765. The van der Waals surface area contributed by atoms with E-state index in [2.05, 4.69) is 18.2 Å². The van der Waals surface area contributed by atoms with Crippen molar-refractivity contribution in [2.24, 2.45) is 0 Å². The van der Waals surface area contributed by atoms with Crippen molar-refractivity contribution in [1.29, 1.82) is 0 Å². The first-order valence-electron chi connectivity index (χ1n) is 8.03. The van der Waals surface area contributed by atoms with E-state index in [0.29, 0.717) is 6.61 Å². The van der Waals surface area contributed by atoms with Crippen molar-refractivity contribution >= 4 is 0 Å². The van der Waals surface area contributed by atoms with Crippen LogP contribution in [0, 0.1) is 0 Å². The average Bonchev–Trinajstić information content (AvgIpc) is 3.12. The second kappa shape index (κ2) is 4.89. The molecule has 0 bridgehead atoms. The van der Waals surface area contributed by atoms with Crippen molar-refractivity contribution in [1.82, 2.24) is 0 Å². The van der Waals surface area contributed by atoms with E-state index in [9.17, 15) is 0 Å². The summed E-state index contributed by atoms with van der Waals surface area (Å²) in [5.41, 5.74) is 1.25. The molecule has 0 spiro atoms. The molecule has 5 heteroatoms. The minimum atomic E-state index is -0.586. The molecule has 4 aliphatic rings. The van der Waals surface area contributed by atoms with Crippen molar-refractivity contribution in [3.8, 4) is 0 Å². The molecule has 3 heterocycles. The highest BCUT2D eigenvalue weighted by Gasteiger charge is 2.59. The molecule has 122 valence electrons. The smallest absolute Gasteiger partial charge is 0.164 e. The molecule has 0 saturated carbocycles. The van der Waals surface area contributed by atoms with Crippen LogP contribution in [0.4, 0.5) is 0 Å². The lowest BCUT2D eigenvalue weighted by atomic mass is 9.99. The molecule has 1 aliphatic carbocycles. The quantitative estimate of drug-likeness (QED) is 0.783. The van der Waals surface area contributed by atoms with E-state index in [1.807, 2.05) is 27.7 Å². The Labute approximate surface area is 131 Å². The van der Waals surface area contributed by atoms with Gasteiger partial charge in [0.1, 0.15) is 30.5 Å². The minimum Gasteiger partial charge on any atom is -0.362 e. The largest absolute Gasteiger partial charge is 0.362 e. The summed E-state index contributed by atoms with van der Waals surface area (Å²) in [5, 5.41) is 0. The van der Waals surface area contributed by atoms with Gasteiger partial charge in [0.25, 0.3) is 0 Å². The zero-order valence-electron chi connectivity index (χ0n) is 13.6. The third kappa shape index (κ3) is 2.45. The fourth-order valence-electron chi connectivity index (χ4n) is 3.78. The first-order valence-corrected chi connectivity index (χ1v) is 8.03. The lowest BCUT2D eigenvalue weighted by Crippen LogP contribution is -2.40. The summed E-state index contributed by atoms with van der Waals surface area (Å²) in [6.07, 6.45) is 6.68. The lowest BCUT2D eigenvalue weighted by molar-refractivity contribution is -0.202. The first-order chi connectivity index (χ1) is 10.3. The Morgan fingerprint density at radius 2 is 1.73 bits per heavy atom. The molecule has 22 heavy (non-hydrogen) atoms. The predicted molar refractivity (Wildman–Crippen MR) is 79.2 cm³/mol. The Hall–Kier alpha value is -0.720. The van der Waals surface area contributed by atoms with Gasteiger partial charge in [0.2, 0.25) is 0 Å². The second-order valence-electron chi connectivity index (χ2n) is 7.33. The maximum absolute atomic E-state index is 6.32. The maximum Gasteiger partial charge on any atom is 0.164 e. The van der Waals surface area contributed by atoms with Crippen LogP contribution in [0.25, 0.3) is 0 Å². The molecule has 4 rings (SSSR count). The molecule has 0 amide bonds. The van der Waals surface area contributed by atoms with Crippen LogP contribution in [-0.4, -0.2) is 48.7 Å². The molecule has 1 unspecified atom stereocenters. The van der Waals surface area contributed by atoms with Crippen molar-refractivity contribution in [3.63, 3.8) is 0 Å². The number of hydrogen-bond donors (Lipinski definition) is 0. The molecule has 5 atom stereocenters. The molecule has 0 aromatic rings. The summed E-state index contributed by atoms with van der Waals surface area (Å²) < 4.78 is 30.3. The van der Waals surface area contributed by atoms with Crippen molar-refractivity contribution < 1.29 is 23.7 Å². The third-order valence-corrected chi connectivity index (χ3v) is 4.65. The molecule has 0 radical (unpaired) electrons. The van der Waals surface area contributed by atoms with Crippen molar-refractivity contribution in [3.05, 3.63) is 23.8 Å². The van der Waals surface area contributed by atoms with E-state index >= 15 is 0 Å². The van der Waals surface area contributed by atoms with Gasteiger partial charge >= 0.3 is 0 Å². The van der Waals surface area contributed by atoms with Gasteiger partial charge in [0.05, 0.1) is 6.61 Å². The Balaban J connectivity index is 1.58. The summed E-state index contributed by atoms with van der Waals surface area (Å²) >= 11 is 0. The predicted octanol–water partition coefficient (Wildman–Crippen LogP) is 2.31. The van der Waals surface area contributed by atoms with Gasteiger partial charge in [-0.2, -0.15) is 0 Å². The molecule has 5 nitrogen and oxygen atoms in total. The topological polar surface area (TPSA) is 46.2 Å². The normalized spacial score (nSPS) is 45.3. The zero-order valence-corrected chi connectivity index (χ0v) is 13.6. The number of rotatable bonds is 2. The van der Waals surface area contributed by atoms with Gasteiger partial charge in [-0.25, -0.2) is 0 Å². The summed E-state index contributed by atoms with van der Waals surface area (Å²) in [7, 11) is 0. The maximum atomic E-state index is 6.32. The first kappa shape index (κ1) is 14.8. The number of ether oxygens (including phenoxy) is 5. The van der Waals surface area contributed by atoms with Crippen LogP contribution in [0.15, 0.2) is 23.8 Å². The van der Waals surface area contributed by atoms with Gasteiger partial charge in [-0.15, -0.1) is 0 Å². The fourth-order valence-corrected chi connectivity index (χ4v) is 3.78. The van der Waals surface area contributed by atoms with Crippen LogP contribution in [-0.2, 0) is 23.7 Å². The average molecular weight is 308 g/mol. The van der Waals surface area contributed by atoms with E-state index in [-0.39, 0.29) is 30.5 Å². The molecular weight excluding hydrogens is 284 g/mol. The molecule has 3 saturated heterocycles. The summed E-state index contributed by atoms with van der Waals surface area (Å²) in [5.74, 6) is -1.15. The van der Waals surface area contributed by atoms with Crippen LogP contribution in [0.3, 0.4) is 0 Å². The molecular formula is C17H24O5. The van der Waals surface area contributed by atoms with E-state index in [4.69, 9.17) is 23.7 Å².